The van der Waals surface area contributed by atoms with Crippen molar-refractivity contribution in [1.29, 1.82) is 5.26 Å². The summed E-state index contributed by atoms with van der Waals surface area (Å²) in [5.41, 5.74) is 0.604. The third-order valence-electron chi connectivity index (χ3n) is 1.96. The van der Waals surface area contributed by atoms with Crippen molar-refractivity contribution in [3.05, 3.63) is 34.9 Å². The molecule has 80 valence electrons. The highest BCUT2D eigenvalue weighted by Crippen LogP contribution is 2.22. The molecule has 1 aromatic heterocycles. The second-order valence-corrected chi connectivity index (χ2v) is 3.48. The molecule has 2 aromatic rings. The first-order chi connectivity index (χ1) is 7.70. The van der Waals surface area contributed by atoms with Crippen molar-refractivity contribution in [2.45, 2.75) is 6.42 Å². The number of nitriles is 1. The van der Waals surface area contributed by atoms with Gasteiger partial charge in [-0.1, -0.05) is 11.6 Å². The lowest BCUT2D eigenvalue weighted by atomic mass is 10.2. The SMILES string of the molecule is N#CCc1nc(-c2ccc(F)c(Cl)c2)n[nH]1. The average Bonchev–Trinajstić information content (AvgIpc) is 2.71. The minimum atomic E-state index is -0.488. The number of aromatic nitrogens is 3. The number of benzene rings is 1. The van der Waals surface area contributed by atoms with Gasteiger partial charge in [-0.05, 0) is 18.2 Å². The Balaban J connectivity index is 2.36. The summed E-state index contributed by atoms with van der Waals surface area (Å²) in [7, 11) is 0. The van der Waals surface area contributed by atoms with Gasteiger partial charge in [0, 0.05) is 5.56 Å². The lowest BCUT2D eigenvalue weighted by Gasteiger charge is -1.96. The zero-order valence-corrected chi connectivity index (χ0v) is 8.79. The van der Waals surface area contributed by atoms with Gasteiger partial charge >= 0.3 is 0 Å². The topological polar surface area (TPSA) is 65.4 Å². The molecular formula is C10H6ClFN4. The molecule has 0 bridgehead atoms. The molecule has 0 radical (unpaired) electrons. The maximum Gasteiger partial charge on any atom is 0.181 e. The minimum absolute atomic E-state index is 0.0177. The molecule has 4 nitrogen and oxygen atoms in total. The predicted molar refractivity (Wildman–Crippen MR) is 56.1 cm³/mol. The van der Waals surface area contributed by atoms with Crippen LogP contribution in [-0.4, -0.2) is 15.2 Å². The van der Waals surface area contributed by atoms with E-state index in [-0.39, 0.29) is 11.4 Å². The van der Waals surface area contributed by atoms with Crippen molar-refractivity contribution in [1.82, 2.24) is 15.2 Å². The Morgan fingerprint density at radius 3 is 3.00 bits per heavy atom. The van der Waals surface area contributed by atoms with Crippen LogP contribution in [0.2, 0.25) is 5.02 Å². The van der Waals surface area contributed by atoms with Crippen LogP contribution in [-0.2, 0) is 6.42 Å². The van der Waals surface area contributed by atoms with E-state index in [1.807, 2.05) is 6.07 Å². The molecule has 1 heterocycles. The van der Waals surface area contributed by atoms with Crippen LogP contribution in [0.3, 0.4) is 0 Å². The zero-order chi connectivity index (χ0) is 11.5. The van der Waals surface area contributed by atoms with Gasteiger partial charge < -0.3 is 0 Å². The summed E-state index contributed by atoms with van der Waals surface area (Å²) in [6, 6.07) is 6.17. The summed E-state index contributed by atoms with van der Waals surface area (Å²) in [4.78, 5) is 4.07. The minimum Gasteiger partial charge on any atom is -0.262 e. The molecule has 1 aromatic carbocycles. The van der Waals surface area contributed by atoms with Crippen molar-refractivity contribution < 1.29 is 4.39 Å². The number of rotatable bonds is 2. The largest absolute Gasteiger partial charge is 0.262 e. The number of hydrogen-bond donors (Lipinski definition) is 1. The summed E-state index contributed by atoms with van der Waals surface area (Å²) < 4.78 is 12.9. The second-order valence-electron chi connectivity index (χ2n) is 3.07. The molecule has 0 spiro atoms. The summed E-state index contributed by atoms with van der Waals surface area (Å²) in [6.45, 7) is 0. The molecule has 1 N–H and O–H groups in total. The zero-order valence-electron chi connectivity index (χ0n) is 8.04. The molecule has 0 fully saturated rings. The molecule has 0 amide bonds. The van der Waals surface area contributed by atoms with Gasteiger partial charge in [-0.15, -0.1) is 0 Å². The summed E-state index contributed by atoms with van der Waals surface area (Å²) in [5, 5.41) is 15.0. The van der Waals surface area contributed by atoms with Gasteiger partial charge in [-0.3, -0.25) is 5.10 Å². The molecule has 0 aliphatic carbocycles. The van der Waals surface area contributed by atoms with Gasteiger partial charge in [0.05, 0.1) is 17.5 Å². The van der Waals surface area contributed by atoms with Gasteiger partial charge in [-0.25, -0.2) is 9.37 Å². The first-order valence-electron chi connectivity index (χ1n) is 4.44. The third kappa shape index (κ3) is 2.02. The smallest absolute Gasteiger partial charge is 0.181 e. The Hall–Kier alpha value is -1.93. The van der Waals surface area contributed by atoms with Crippen LogP contribution < -0.4 is 0 Å². The van der Waals surface area contributed by atoms with Crippen molar-refractivity contribution in [3.63, 3.8) is 0 Å². The summed E-state index contributed by atoms with van der Waals surface area (Å²) in [6.07, 6.45) is 0.155. The molecule has 0 aliphatic rings. The fourth-order valence-corrected chi connectivity index (χ4v) is 1.39. The van der Waals surface area contributed by atoms with E-state index in [0.29, 0.717) is 17.2 Å². The number of halogens is 2. The summed E-state index contributed by atoms with van der Waals surface area (Å²) >= 11 is 5.64. The van der Waals surface area contributed by atoms with E-state index in [1.54, 1.807) is 0 Å². The van der Waals surface area contributed by atoms with Crippen LogP contribution >= 0.6 is 11.6 Å². The maximum absolute atomic E-state index is 12.9. The Kier molecular flexibility index (Phi) is 2.84. The van der Waals surface area contributed by atoms with E-state index in [9.17, 15) is 4.39 Å². The Morgan fingerprint density at radius 2 is 2.31 bits per heavy atom. The molecular weight excluding hydrogens is 231 g/mol. The molecule has 0 unspecified atom stereocenters. The van der Waals surface area contributed by atoms with Gasteiger partial charge in [0.25, 0.3) is 0 Å². The van der Waals surface area contributed by atoms with Gasteiger partial charge in [0.15, 0.2) is 5.82 Å². The number of H-pyrrole nitrogens is 1. The standard InChI is InChI=1S/C10H6ClFN4/c11-7-5-6(1-2-8(7)12)10-14-9(3-4-13)15-16-10/h1-2,5H,3H2,(H,14,15,16). The number of nitrogens with zero attached hydrogens (tertiary/aromatic N) is 3. The monoisotopic (exact) mass is 236 g/mol. The number of hydrogen-bond acceptors (Lipinski definition) is 3. The van der Waals surface area contributed by atoms with Crippen molar-refractivity contribution in [3.8, 4) is 17.5 Å². The van der Waals surface area contributed by atoms with Crippen molar-refractivity contribution in [2.24, 2.45) is 0 Å². The quantitative estimate of drug-likeness (QED) is 0.870. The maximum atomic E-state index is 12.9. The van der Waals surface area contributed by atoms with E-state index in [0.717, 1.165) is 0 Å². The average molecular weight is 237 g/mol. The number of aromatic amines is 1. The molecule has 0 saturated carbocycles. The van der Waals surface area contributed by atoms with Gasteiger partial charge in [-0.2, -0.15) is 10.4 Å². The van der Waals surface area contributed by atoms with E-state index < -0.39 is 5.82 Å². The Bertz CT molecular complexity index is 558. The van der Waals surface area contributed by atoms with E-state index in [1.165, 1.54) is 18.2 Å². The first kappa shape index (κ1) is 10.6. The van der Waals surface area contributed by atoms with Crippen LogP contribution in [0.15, 0.2) is 18.2 Å². The lowest BCUT2D eigenvalue weighted by molar-refractivity contribution is 0.628. The molecule has 6 heteroatoms. The normalized spacial score (nSPS) is 10.1. The fourth-order valence-electron chi connectivity index (χ4n) is 1.21. The van der Waals surface area contributed by atoms with Crippen LogP contribution in [0, 0.1) is 17.1 Å². The molecule has 16 heavy (non-hydrogen) atoms. The van der Waals surface area contributed by atoms with E-state index in [4.69, 9.17) is 16.9 Å². The molecule has 0 saturated heterocycles. The summed E-state index contributed by atoms with van der Waals surface area (Å²) in [5.74, 6) is 0.378. The van der Waals surface area contributed by atoms with E-state index in [2.05, 4.69) is 15.2 Å². The lowest BCUT2D eigenvalue weighted by Crippen LogP contribution is -1.85. The van der Waals surface area contributed by atoms with Gasteiger partial charge in [0.1, 0.15) is 11.6 Å². The van der Waals surface area contributed by atoms with Gasteiger partial charge in [0.2, 0.25) is 0 Å². The highest BCUT2D eigenvalue weighted by atomic mass is 35.5. The third-order valence-corrected chi connectivity index (χ3v) is 2.25. The number of nitrogens with one attached hydrogen (secondary N) is 1. The second kappa shape index (κ2) is 4.29. The highest BCUT2D eigenvalue weighted by molar-refractivity contribution is 6.31. The van der Waals surface area contributed by atoms with Crippen molar-refractivity contribution in [2.75, 3.05) is 0 Å². The fraction of sp³-hybridized carbons (Fsp3) is 0.100. The predicted octanol–water partition coefficient (Wildman–Crippen LogP) is 2.33. The Labute approximate surface area is 95.7 Å². The van der Waals surface area contributed by atoms with Crippen LogP contribution in [0.25, 0.3) is 11.4 Å². The Morgan fingerprint density at radius 1 is 1.50 bits per heavy atom. The van der Waals surface area contributed by atoms with Crippen molar-refractivity contribution >= 4 is 11.6 Å². The highest BCUT2D eigenvalue weighted by Gasteiger charge is 2.08. The molecule has 2 rings (SSSR count). The van der Waals surface area contributed by atoms with Crippen LogP contribution in [0.5, 0.6) is 0 Å². The molecule has 0 atom stereocenters. The molecule has 0 aliphatic heterocycles. The first-order valence-corrected chi connectivity index (χ1v) is 4.82. The van der Waals surface area contributed by atoms with Crippen LogP contribution in [0.1, 0.15) is 5.82 Å². The van der Waals surface area contributed by atoms with E-state index >= 15 is 0 Å². The van der Waals surface area contributed by atoms with Crippen LogP contribution in [0.4, 0.5) is 4.39 Å².